The number of hydrogen-bond acceptors (Lipinski definition) is 4. The second kappa shape index (κ2) is 8.26. The normalized spacial score (nSPS) is 12.0. The molecule has 2 aromatic rings. The summed E-state index contributed by atoms with van der Waals surface area (Å²) < 4.78 is 1.74. The number of carbonyl (C=O) groups excluding carboxylic acids is 1. The summed E-state index contributed by atoms with van der Waals surface area (Å²) in [6.45, 7) is 8.42. The summed E-state index contributed by atoms with van der Waals surface area (Å²) >= 11 is 0. The maximum atomic E-state index is 12.5. The van der Waals surface area contributed by atoms with E-state index in [0.29, 0.717) is 18.3 Å². The molecule has 2 N–H and O–H groups in total. The Kier molecular flexibility index (Phi) is 6.93. The molecule has 1 unspecified atom stereocenters. The van der Waals surface area contributed by atoms with Gasteiger partial charge in [-0.3, -0.25) is 4.79 Å². The Morgan fingerprint density at radius 3 is 2.50 bits per heavy atom. The Hall–Kier alpha value is -1.92. The molecule has 0 saturated heterocycles. The van der Waals surface area contributed by atoms with Gasteiger partial charge < -0.3 is 10.6 Å². The van der Waals surface area contributed by atoms with Crippen molar-refractivity contribution < 1.29 is 4.79 Å². The molecule has 1 aromatic heterocycles. The van der Waals surface area contributed by atoms with E-state index < -0.39 is 0 Å². The predicted molar refractivity (Wildman–Crippen MR) is 98.0 cm³/mol. The first-order chi connectivity index (χ1) is 10.9. The number of rotatable bonds is 5. The average Bonchev–Trinajstić information content (AvgIpc) is 2.94. The molecular formula is C17H26ClN5O. The van der Waals surface area contributed by atoms with Gasteiger partial charge in [0.15, 0.2) is 0 Å². The monoisotopic (exact) mass is 351 g/mol. The quantitative estimate of drug-likeness (QED) is 0.898. The van der Waals surface area contributed by atoms with Crippen LogP contribution < -0.4 is 5.73 Å². The molecule has 132 valence electrons. The number of nitrogens with two attached hydrogens (primary N) is 1. The number of aryl methyl sites for hydroxylation is 1. The number of nitrogens with zero attached hydrogens (tertiary/aromatic N) is 4. The van der Waals surface area contributed by atoms with Gasteiger partial charge >= 0.3 is 0 Å². The van der Waals surface area contributed by atoms with E-state index in [1.807, 2.05) is 32.0 Å². The number of benzene rings is 1. The van der Waals surface area contributed by atoms with Gasteiger partial charge in [0.05, 0.1) is 5.69 Å². The molecule has 6 nitrogen and oxygen atoms in total. The van der Waals surface area contributed by atoms with Crippen LogP contribution in [0.3, 0.4) is 0 Å². The highest BCUT2D eigenvalue weighted by molar-refractivity contribution is 5.90. The van der Waals surface area contributed by atoms with E-state index in [-0.39, 0.29) is 30.2 Å². The third kappa shape index (κ3) is 3.94. The maximum Gasteiger partial charge on any atom is 0.293 e. The van der Waals surface area contributed by atoms with Gasteiger partial charge in [-0.05, 0) is 31.4 Å². The van der Waals surface area contributed by atoms with Crippen LogP contribution >= 0.6 is 12.4 Å². The number of hydrogen-bond donors (Lipinski definition) is 1. The van der Waals surface area contributed by atoms with E-state index in [0.717, 1.165) is 5.69 Å². The maximum absolute atomic E-state index is 12.5. The molecule has 0 spiro atoms. The van der Waals surface area contributed by atoms with Gasteiger partial charge in [0.25, 0.3) is 5.91 Å². The molecule has 0 aliphatic rings. The van der Waals surface area contributed by atoms with Crippen LogP contribution in [0.2, 0.25) is 0 Å². The molecule has 0 aliphatic carbocycles. The lowest BCUT2D eigenvalue weighted by Crippen LogP contribution is -2.40. The molecule has 1 atom stereocenters. The van der Waals surface area contributed by atoms with Crippen LogP contribution in [0, 0.1) is 6.92 Å². The molecule has 1 amide bonds. The highest BCUT2D eigenvalue weighted by Gasteiger charge is 2.22. The van der Waals surface area contributed by atoms with Crippen molar-refractivity contribution >= 4 is 18.3 Å². The predicted octanol–water partition coefficient (Wildman–Crippen LogP) is 2.54. The number of carbonyl (C=O) groups is 1. The van der Waals surface area contributed by atoms with Gasteiger partial charge in [-0.2, -0.15) is 0 Å². The Morgan fingerprint density at radius 1 is 1.29 bits per heavy atom. The molecule has 7 heteroatoms. The molecule has 0 fully saturated rings. The Bertz CT molecular complexity index is 698. The summed E-state index contributed by atoms with van der Waals surface area (Å²) in [6, 6.07) is 7.99. The van der Waals surface area contributed by atoms with Crippen molar-refractivity contribution in [3.8, 4) is 5.69 Å². The molecule has 0 radical (unpaired) electrons. The second-order valence-electron chi connectivity index (χ2n) is 6.11. The molecule has 1 aromatic carbocycles. The van der Waals surface area contributed by atoms with E-state index in [4.69, 9.17) is 5.73 Å². The third-order valence-electron chi connectivity index (χ3n) is 4.07. The van der Waals surface area contributed by atoms with Crippen molar-refractivity contribution in [2.75, 3.05) is 13.6 Å². The Morgan fingerprint density at radius 2 is 1.92 bits per heavy atom. The zero-order valence-electron chi connectivity index (χ0n) is 14.9. The minimum atomic E-state index is -0.216. The standard InChI is InChI=1S/C17H25N5O.ClH/c1-11(2)14-8-6-7-9-15(14)22-13(4)19-16(20-22)17(23)21(5)12(3)10-18;/h6-9,11-12H,10,18H2,1-5H3;1H. The zero-order chi connectivity index (χ0) is 17.1. The lowest BCUT2D eigenvalue weighted by atomic mass is 10.0. The van der Waals surface area contributed by atoms with E-state index >= 15 is 0 Å². The average molecular weight is 352 g/mol. The molecule has 0 aliphatic heterocycles. The zero-order valence-corrected chi connectivity index (χ0v) is 15.7. The van der Waals surface area contributed by atoms with Crippen LogP contribution in [0.1, 0.15) is 48.7 Å². The fraction of sp³-hybridized carbons (Fsp3) is 0.471. The number of para-hydroxylation sites is 1. The van der Waals surface area contributed by atoms with Gasteiger partial charge in [-0.1, -0.05) is 32.0 Å². The van der Waals surface area contributed by atoms with Crippen LogP contribution in [-0.4, -0.2) is 45.2 Å². The highest BCUT2D eigenvalue weighted by atomic mass is 35.5. The molecule has 1 heterocycles. The van der Waals surface area contributed by atoms with Crippen LogP contribution in [0.4, 0.5) is 0 Å². The van der Waals surface area contributed by atoms with Crippen molar-refractivity contribution in [3.05, 3.63) is 41.5 Å². The summed E-state index contributed by atoms with van der Waals surface area (Å²) in [6.07, 6.45) is 0. The number of halogens is 1. The number of aromatic nitrogens is 3. The van der Waals surface area contributed by atoms with Crippen molar-refractivity contribution in [3.63, 3.8) is 0 Å². The summed E-state index contributed by atoms with van der Waals surface area (Å²) in [5.74, 6) is 1.03. The number of amides is 1. The topological polar surface area (TPSA) is 77.0 Å². The first-order valence-electron chi connectivity index (χ1n) is 7.87. The summed E-state index contributed by atoms with van der Waals surface area (Å²) in [4.78, 5) is 18.4. The van der Waals surface area contributed by atoms with Crippen molar-refractivity contribution in [2.24, 2.45) is 5.73 Å². The lowest BCUT2D eigenvalue weighted by molar-refractivity contribution is 0.0736. The minimum Gasteiger partial charge on any atom is -0.335 e. The van der Waals surface area contributed by atoms with Gasteiger partial charge in [-0.25, -0.2) is 9.67 Å². The minimum absolute atomic E-state index is 0. The van der Waals surface area contributed by atoms with E-state index in [2.05, 4.69) is 30.0 Å². The molecule has 0 saturated carbocycles. The van der Waals surface area contributed by atoms with Gasteiger partial charge in [-0.15, -0.1) is 17.5 Å². The van der Waals surface area contributed by atoms with Gasteiger partial charge in [0.1, 0.15) is 5.82 Å². The fourth-order valence-electron chi connectivity index (χ4n) is 2.39. The fourth-order valence-corrected chi connectivity index (χ4v) is 2.39. The van der Waals surface area contributed by atoms with Crippen LogP contribution in [-0.2, 0) is 0 Å². The van der Waals surface area contributed by atoms with Crippen molar-refractivity contribution in [2.45, 2.75) is 39.7 Å². The first-order valence-corrected chi connectivity index (χ1v) is 7.87. The lowest BCUT2D eigenvalue weighted by Gasteiger charge is -2.21. The molecule has 0 bridgehead atoms. The third-order valence-corrected chi connectivity index (χ3v) is 4.07. The van der Waals surface area contributed by atoms with E-state index in [1.54, 1.807) is 16.6 Å². The number of likely N-dealkylation sites (N-methyl/N-ethyl adjacent to an activating group) is 1. The van der Waals surface area contributed by atoms with Crippen LogP contribution in [0.15, 0.2) is 24.3 Å². The molecule has 24 heavy (non-hydrogen) atoms. The van der Waals surface area contributed by atoms with E-state index in [9.17, 15) is 4.79 Å². The second-order valence-corrected chi connectivity index (χ2v) is 6.11. The smallest absolute Gasteiger partial charge is 0.293 e. The van der Waals surface area contributed by atoms with Gasteiger partial charge in [0.2, 0.25) is 5.82 Å². The SMILES string of the molecule is Cc1nc(C(=O)N(C)C(C)CN)nn1-c1ccccc1C(C)C.Cl. The highest BCUT2D eigenvalue weighted by Crippen LogP contribution is 2.23. The largest absolute Gasteiger partial charge is 0.335 e. The van der Waals surface area contributed by atoms with Crippen LogP contribution in [0.5, 0.6) is 0 Å². The first kappa shape index (κ1) is 20.1. The van der Waals surface area contributed by atoms with E-state index in [1.165, 1.54) is 5.56 Å². The molecule has 2 rings (SSSR count). The Balaban J connectivity index is 0.00000288. The molecular weight excluding hydrogens is 326 g/mol. The summed E-state index contributed by atoms with van der Waals surface area (Å²) in [5.41, 5.74) is 7.76. The summed E-state index contributed by atoms with van der Waals surface area (Å²) in [7, 11) is 1.72. The summed E-state index contributed by atoms with van der Waals surface area (Å²) in [5, 5.41) is 4.43. The van der Waals surface area contributed by atoms with Crippen LogP contribution in [0.25, 0.3) is 5.69 Å². The van der Waals surface area contributed by atoms with Crippen molar-refractivity contribution in [1.29, 1.82) is 0 Å². The van der Waals surface area contributed by atoms with Gasteiger partial charge in [0, 0.05) is 19.6 Å². The van der Waals surface area contributed by atoms with Crippen molar-refractivity contribution in [1.82, 2.24) is 19.7 Å². The Labute approximate surface area is 149 Å².